The first-order valence-corrected chi connectivity index (χ1v) is 8.58. The molecule has 3 N–H and O–H groups in total. The lowest BCUT2D eigenvalue weighted by molar-refractivity contribution is -0.117. The number of aliphatic hydroxyl groups excluding tert-OH is 1. The molecule has 23 heavy (non-hydrogen) atoms. The van der Waals surface area contributed by atoms with Crippen molar-refractivity contribution < 1.29 is 9.90 Å². The number of hydrogen-bond donors (Lipinski definition) is 3. The normalized spacial score (nSPS) is 27.4. The van der Waals surface area contributed by atoms with Crippen LogP contribution in [0.15, 0.2) is 11.1 Å². The van der Waals surface area contributed by atoms with E-state index in [4.69, 9.17) is 0 Å². The highest BCUT2D eigenvalue weighted by Crippen LogP contribution is 2.36. The van der Waals surface area contributed by atoms with E-state index in [-0.39, 0.29) is 17.7 Å². The maximum absolute atomic E-state index is 12.3. The lowest BCUT2D eigenvalue weighted by Gasteiger charge is -2.15. The van der Waals surface area contributed by atoms with Gasteiger partial charge in [0.2, 0.25) is 5.91 Å². The molecule has 2 aliphatic carbocycles. The van der Waals surface area contributed by atoms with Gasteiger partial charge in [-0.25, -0.2) is 4.98 Å². The van der Waals surface area contributed by atoms with Crippen LogP contribution in [-0.2, 0) is 4.79 Å². The van der Waals surface area contributed by atoms with Crippen LogP contribution in [0.4, 0.5) is 0 Å². The first-order valence-electron chi connectivity index (χ1n) is 8.58. The highest BCUT2D eigenvalue weighted by Gasteiger charge is 2.35. The number of nitrogens with zero attached hydrogens (tertiary/aromatic N) is 2. The molecular formula is C17H26N4O2. The number of carbonyl (C=O) groups excluding carboxylic acids is 1. The van der Waals surface area contributed by atoms with Crippen molar-refractivity contribution in [3.05, 3.63) is 22.8 Å². The van der Waals surface area contributed by atoms with Crippen LogP contribution < -0.4 is 5.32 Å². The highest BCUT2D eigenvalue weighted by atomic mass is 16.3. The Hall–Kier alpha value is -1.69. The summed E-state index contributed by atoms with van der Waals surface area (Å²) in [6.07, 6.45) is 5.57. The molecule has 3 rings (SSSR count). The van der Waals surface area contributed by atoms with Crippen LogP contribution in [0.5, 0.6) is 0 Å². The van der Waals surface area contributed by atoms with Crippen molar-refractivity contribution in [3.63, 3.8) is 0 Å². The van der Waals surface area contributed by atoms with Crippen LogP contribution >= 0.6 is 0 Å². The Morgan fingerprint density at radius 1 is 1.35 bits per heavy atom. The topological polar surface area (TPSA) is 90.9 Å². The molecule has 2 fully saturated rings. The van der Waals surface area contributed by atoms with Crippen LogP contribution in [-0.4, -0.2) is 38.8 Å². The van der Waals surface area contributed by atoms with Crippen LogP contribution in [0.25, 0.3) is 0 Å². The van der Waals surface area contributed by atoms with E-state index in [2.05, 4.69) is 20.5 Å². The van der Waals surface area contributed by atoms with E-state index in [1.54, 1.807) is 0 Å². The largest absolute Gasteiger partial charge is 0.393 e. The average molecular weight is 318 g/mol. The van der Waals surface area contributed by atoms with Gasteiger partial charge in [-0.15, -0.1) is 0 Å². The summed E-state index contributed by atoms with van der Waals surface area (Å²) in [6.45, 7) is 4.31. The summed E-state index contributed by atoms with van der Waals surface area (Å²) in [5.41, 5.74) is 2.17. The Balaban J connectivity index is 1.54. The number of nitrogens with one attached hydrogen (secondary N) is 2. The standard InChI is InChI=1S/C17H26N4O2/c1-10(12-5-3-4-6-12)17(23)18-9-14-7-13(8-15(14)22)16-19-11(2)20-21-16/h13-15,22H,3-9H2,1-2H3,(H,18,23)(H,19,20,21)/t13-,14+,15+/m0/s1. The first-order chi connectivity index (χ1) is 11.0. The van der Waals surface area contributed by atoms with Crippen LogP contribution in [0.1, 0.15) is 63.0 Å². The summed E-state index contributed by atoms with van der Waals surface area (Å²) in [7, 11) is 0. The molecule has 0 saturated heterocycles. The number of aromatic nitrogens is 3. The third kappa shape index (κ3) is 3.63. The number of rotatable bonds is 4. The minimum atomic E-state index is -0.404. The lowest BCUT2D eigenvalue weighted by atomic mass is 10.0. The number of hydrogen-bond acceptors (Lipinski definition) is 4. The van der Waals surface area contributed by atoms with E-state index in [0.29, 0.717) is 13.0 Å². The van der Waals surface area contributed by atoms with Gasteiger partial charge in [-0.2, -0.15) is 5.10 Å². The summed E-state index contributed by atoms with van der Waals surface area (Å²) < 4.78 is 0. The Labute approximate surface area is 136 Å². The second-order valence-electron chi connectivity index (χ2n) is 6.92. The second kappa shape index (κ2) is 6.83. The average Bonchev–Trinajstić information content (AvgIpc) is 3.25. The van der Waals surface area contributed by atoms with Gasteiger partial charge in [0.25, 0.3) is 0 Å². The van der Waals surface area contributed by atoms with E-state index >= 15 is 0 Å². The van der Waals surface area contributed by atoms with Crippen molar-refractivity contribution >= 4 is 5.91 Å². The fraction of sp³-hybridized carbons (Fsp3) is 0.706. The summed E-state index contributed by atoms with van der Waals surface area (Å²) in [6, 6.07) is 0. The van der Waals surface area contributed by atoms with Crippen molar-refractivity contribution in [2.24, 2.45) is 5.92 Å². The van der Waals surface area contributed by atoms with Gasteiger partial charge in [-0.1, -0.05) is 5.57 Å². The van der Waals surface area contributed by atoms with E-state index in [1.165, 1.54) is 18.4 Å². The lowest BCUT2D eigenvalue weighted by Crippen LogP contribution is -2.33. The van der Waals surface area contributed by atoms with Crippen molar-refractivity contribution in [2.75, 3.05) is 6.54 Å². The van der Waals surface area contributed by atoms with Crippen LogP contribution in [0.3, 0.4) is 0 Å². The zero-order valence-corrected chi connectivity index (χ0v) is 13.9. The number of aliphatic hydroxyl groups is 1. The summed E-state index contributed by atoms with van der Waals surface area (Å²) >= 11 is 0. The quantitative estimate of drug-likeness (QED) is 0.740. The van der Waals surface area contributed by atoms with Gasteiger partial charge < -0.3 is 10.4 Å². The molecule has 1 heterocycles. The summed E-state index contributed by atoms with van der Waals surface area (Å²) in [5, 5.41) is 20.3. The molecule has 0 radical (unpaired) electrons. The maximum atomic E-state index is 12.3. The van der Waals surface area contributed by atoms with E-state index < -0.39 is 6.10 Å². The third-order valence-corrected chi connectivity index (χ3v) is 5.24. The van der Waals surface area contributed by atoms with Crippen LogP contribution in [0, 0.1) is 12.8 Å². The maximum Gasteiger partial charge on any atom is 0.246 e. The number of H-pyrrole nitrogens is 1. The molecule has 6 heteroatoms. The third-order valence-electron chi connectivity index (χ3n) is 5.24. The predicted octanol–water partition coefficient (Wildman–Crippen LogP) is 1.97. The monoisotopic (exact) mass is 318 g/mol. The molecule has 0 unspecified atom stereocenters. The van der Waals surface area contributed by atoms with Crippen LogP contribution in [0.2, 0.25) is 0 Å². The number of carbonyl (C=O) groups is 1. The Kier molecular flexibility index (Phi) is 4.80. The summed E-state index contributed by atoms with van der Waals surface area (Å²) in [4.78, 5) is 16.6. The molecule has 3 atom stereocenters. The molecule has 0 spiro atoms. The molecule has 1 aromatic heterocycles. The highest BCUT2D eigenvalue weighted by molar-refractivity contribution is 5.93. The molecular weight excluding hydrogens is 292 g/mol. The fourth-order valence-electron chi connectivity index (χ4n) is 3.77. The molecule has 126 valence electrons. The number of amides is 1. The second-order valence-corrected chi connectivity index (χ2v) is 6.92. The number of aryl methyl sites for hydroxylation is 1. The molecule has 2 aliphatic rings. The van der Waals surface area contributed by atoms with E-state index in [0.717, 1.165) is 36.5 Å². The minimum Gasteiger partial charge on any atom is -0.393 e. The number of aromatic amines is 1. The SMILES string of the molecule is CC(C(=O)NC[C@H]1C[C@H](c2n[nH]c(C)n2)C[C@H]1O)=C1CCCC1. The van der Waals surface area contributed by atoms with Gasteiger partial charge in [-0.3, -0.25) is 9.89 Å². The van der Waals surface area contributed by atoms with Gasteiger partial charge in [0.1, 0.15) is 5.82 Å². The fourth-order valence-corrected chi connectivity index (χ4v) is 3.77. The summed E-state index contributed by atoms with van der Waals surface area (Å²) in [5.74, 6) is 1.84. The minimum absolute atomic E-state index is 0.0197. The van der Waals surface area contributed by atoms with Crippen molar-refractivity contribution in [1.29, 1.82) is 0 Å². The predicted molar refractivity (Wildman–Crippen MR) is 86.8 cm³/mol. The molecule has 0 aromatic carbocycles. The zero-order valence-electron chi connectivity index (χ0n) is 13.9. The molecule has 2 saturated carbocycles. The Morgan fingerprint density at radius 3 is 2.74 bits per heavy atom. The van der Waals surface area contributed by atoms with Crippen molar-refractivity contribution in [2.45, 2.75) is 64.4 Å². The van der Waals surface area contributed by atoms with E-state index in [1.807, 2.05) is 13.8 Å². The van der Waals surface area contributed by atoms with Crippen molar-refractivity contribution in [1.82, 2.24) is 20.5 Å². The van der Waals surface area contributed by atoms with Gasteiger partial charge in [0.05, 0.1) is 6.10 Å². The van der Waals surface area contributed by atoms with Gasteiger partial charge in [-0.05, 0) is 52.4 Å². The van der Waals surface area contributed by atoms with Gasteiger partial charge >= 0.3 is 0 Å². The number of allylic oxidation sites excluding steroid dienone is 1. The molecule has 1 aromatic rings. The van der Waals surface area contributed by atoms with E-state index in [9.17, 15) is 9.90 Å². The Bertz CT molecular complexity index is 599. The molecule has 6 nitrogen and oxygen atoms in total. The molecule has 1 amide bonds. The van der Waals surface area contributed by atoms with Gasteiger partial charge in [0, 0.05) is 24.0 Å². The molecule has 0 aliphatic heterocycles. The van der Waals surface area contributed by atoms with Crippen molar-refractivity contribution in [3.8, 4) is 0 Å². The smallest absolute Gasteiger partial charge is 0.246 e. The zero-order chi connectivity index (χ0) is 16.4. The van der Waals surface area contributed by atoms with Gasteiger partial charge in [0.15, 0.2) is 5.82 Å². The Morgan fingerprint density at radius 2 is 2.09 bits per heavy atom. The first kappa shape index (κ1) is 16.2. The molecule has 0 bridgehead atoms.